The summed E-state index contributed by atoms with van der Waals surface area (Å²) >= 11 is 0. The van der Waals surface area contributed by atoms with E-state index < -0.39 is 18.4 Å². The number of benzene rings is 1. The maximum absolute atomic E-state index is 12.6. The smallest absolute Gasteiger partial charge is 0.322 e. The Morgan fingerprint density at radius 1 is 1.27 bits per heavy atom. The minimum Gasteiger partial charge on any atom is -0.480 e. The van der Waals surface area contributed by atoms with Gasteiger partial charge in [0.1, 0.15) is 6.54 Å². The second kappa shape index (κ2) is 8.31. The zero-order valence-corrected chi connectivity index (χ0v) is 14.8. The van der Waals surface area contributed by atoms with Gasteiger partial charge in [0, 0.05) is 24.2 Å². The molecule has 1 fully saturated rings. The molecule has 0 bridgehead atoms. The van der Waals surface area contributed by atoms with Gasteiger partial charge in [0.15, 0.2) is 0 Å². The fourth-order valence-corrected chi connectivity index (χ4v) is 3.68. The maximum Gasteiger partial charge on any atom is 0.322 e. The maximum atomic E-state index is 12.6. The molecule has 3 N–H and O–H groups in total. The summed E-state index contributed by atoms with van der Waals surface area (Å²) in [6.45, 7) is 3.05. The van der Waals surface area contributed by atoms with E-state index in [1.54, 1.807) is 18.2 Å². The van der Waals surface area contributed by atoms with E-state index in [1.807, 2.05) is 4.90 Å². The third-order valence-electron chi connectivity index (χ3n) is 5.15. The third kappa shape index (κ3) is 4.40. The lowest BCUT2D eigenvalue weighted by Crippen LogP contribution is -2.29. The normalized spacial score (nSPS) is 17.2. The van der Waals surface area contributed by atoms with E-state index in [1.165, 1.54) is 12.8 Å². The summed E-state index contributed by atoms with van der Waals surface area (Å²) in [4.78, 5) is 37.0. The van der Waals surface area contributed by atoms with Crippen molar-refractivity contribution in [1.29, 1.82) is 0 Å². The molecule has 3 rings (SSSR count). The molecule has 140 valence electrons. The van der Waals surface area contributed by atoms with Gasteiger partial charge in [-0.15, -0.1) is 0 Å². The van der Waals surface area contributed by atoms with Gasteiger partial charge < -0.3 is 20.6 Å². The molecule has 0 saturated carbocycles. The Morgan fingerprint density at radius 2 is 2.04 bits per heavy atom. The summed E-state index contributed by atoms with van der Waals surface area (Å²) in [7, 11) is 0. The number of hydrogen-bond donors (Lipinski definition) is 3. The van der Waals surface area contributed by atoms with Gasteiger partial charge in [-0.05, 0) is 62.4 Å². The molecule has 0 unspecified atom stereocenters. The van der Waals surface area contributed by atoms with Crippen molar-refractivity contribution in [2.45, 2.75) is 32.2 Å². The van der Waals surface area contributed by atoms with E-state index in [4.69, 9.17) is 5.11 Å². The Bertz CT molecular complexity index is 698. The molecule has 2 aliphatic rings. The van der Waals surface area contributed by atoms with Crippen molar-refractivity contribution in [3.05, 3.63) is 34.9 Å². The van der Waals surface area contributed by atoms with Crippen LogP contribution >= 0.6 is 0 Å². The summed E-state index contributed by atoms with van der Waals surface area (Å²) in [5.41, 5.74) is 1.79. The first-order valence-electron chi connectivity index (χ1n) is 9.17. The van der Waals surface area contributed by atoms with Crippen LogP contribution in [0.25, 0.3) is 0 Å². The zero-order chi connectivity index (χ0) is 18.5. The van der Waals surface area contributed by atoms with Crippen LogP contribution < -0.4 is 10.6 Å². The standard InChI is InChI=1S/C19H25N3O4/c23-17(24)11-21-18(25)14-3-4-15-12-22(19(26)16(15)10-14)9-1-2-13-5-7-20-8-6-13/h3-4,10,13,20H,1-2,5-9,11-12H2,(H,21,25)(H,23,24). The highest BCUT2D eigenvalue weighted by molar-refractivity contribution is 6.02. The van der Waals surface area contributed by atoms with Crippen LogP contribution in [-0.2, 0) is 11.3 Å². The molecule has 1 aromatic carbocycles. The topological polar surface area (TPSA) is 98.7 Å². The predicted molar refractivity (Wildman–Crippen MR) is 96.0 cm³/mol. The molecular formula is C19H25N3O4. The van der Waals surface area contributed by atoms with Gasteiger partial charge in [-0.2, -0.15) is 0 Å². The van der Waals surface area contributed by atoms with Crippen LogP contribution in [-0.4, -0.2) is 54.0 Å². The summed E-state index contributed by atoms with van der Waals surface area (Å²) < 4.78 is 0. The van der Waals surface area contributed by atoms with Crippen LogP contribution in [0, 0.1) is 5.92 Å². The third-order valence-corrected chi connectivity index (χ3v) is 5.15. The van der Waals surface area contributed by atoms with Crippen LogP contribution in [0.15, 0.2) is 18.2 Å². The van der Waals surface area contributed by atoms with Crippen LogP contribution in [0.1, 0.15) is 52.0 Å². The average molecular weight is 359 g/mol. The number of fused-ring (bicyclic) bond motifs is 1. The van der Waals surface area contributed by atoms with Crippen molar-refractivity contribution in [2.75, 3.05) is 26.2 Å². The fraction of sp³-hybridized carbons (Fsp3) is 0.526. The van der Waals surface area contributed by atoms with Crippen molar-refractivity contribution in [3.8, 4) is 0 Å². The summed E-state index contributed by atoms with van der Waals surface area (Å²) in [5, 5.41) is 14.3. The quantitative estimate of drug-likeness (QED) is 0.680. The van der Waals surface area contributed by atoms with E-state index in [2.05, 4.69) is 10.6 Å². The number of carbonyl (C=O) groups excluding carboxylic acids is 2. The second-order valence-corrected chi connectivity index (χ2v) is 7.01. The molecule has 2 amide bonds. The Kier molecular flexibility index (Phi) is 5.88. The first kappa shape index (κ1) is 18.4. The van der Waals surface area contributed by atoms with Gasteiger partial charge >= 0.3 is 5.97 Å². The minimum atomic E-state index is -1.10. The van der Waals surface area contributed by atoms with Crippen LogP contribution in [0.3, 0.4) is 0 Å². The largest absolute Gasteiger partial charge is 0.480 e. The molecular weight excluding hydrogens is 334 g/mol. The number of nitrogens with zero attached hydrogens (tertiary/aromatic N) is 1. The van der Waals surface area contributed by atoms with Gasteiger partial charge in [0.25, 0.3) is 11.8 Å². The molecule has 0 atom stereocenters. The Hall–Kier alpha value is -2.41. The highest BCUT2D eigenvalue weighted by Crippen LogP contribution is 2.25. The molecule has 2 heterocycles. The Balaban J connectivity index is 1.55. The van der Waals surface area contributed by atoms with Crippen molar-refractivity contribution in [2.24, 2.45) is 5.92 Å². The molecule has 7 heteroatoms. The summed E-state index contributed by atoms with van der Waals surface area (Å²) in [5.74, 6) is -0.873. The number of piperidine rings is 1. The van der Waals surface area contributed by atoms with Crippen LogP contribution in [0.2, 0.25) is 0 Å². The highest BCUT2D eigenvalue weighted by atomic mass is 16.4. The van der Waals surface area contributed by atoms with Gasteiger partial charge in [-0.25, -0.2) is 0 Å². The number of rotatable bonds is 7. The van der Waals surface area contributed by atoms with Crippen LogP contribution in [0.5, 0.6) is 0 Å². The number of aliphatic carboxylic acids is 1. The molecule has 2 aliphatic heterocycles. The first-order chi connectivity index (χ1) is 12.5. The van der Waals surface area contributed by atoms with E-state index >= 15 is 0 Å². The number of carboxylic acids is 1. The molecule has 0 spiro atoms. The lowest BCUT2D eigenvalue weighted by molar-refractivity contribution is -0.135. The number of amides is 2. The van der Waals surface area contributed by atoms with Crippen molar-refractivity contribution in [1.82, 2.24) is 15.5 Å². The predicted octanol–water partition coefficient (Wildman–Crippen LogP) is 1.24. The molecule has 7 nitrogen and oxygen atoms in total. The fourth-order valence-electron chi connectivity index (χ4n) is 3.68. The van der Waals surface area contributed by atoms with Crippen LogP contribution in [0.4, 0.5) is 0 Å². The molecule has 26 heavy (non-hydrogen) atoms. The van der Waals surface area contributed by atoms with Crippen molar-refractivity contribution in [3.63, 3.8) is 0 Å². The van der Waals surface area contributed by atoms with E-state index in [0.717, 1.165) is 44.0 Å². The molecule has 0 aromatic heterocycles. The SMILES string of the molecule is O=C(O)CNC(=O)c1ccc2c(c1)C(=O)N(CCCC1CCNCC1)C2. The lowest BCUT2D eigenvalue weighted by Gasteiger charge is -2.23. The van der Waals surface area contributed by atoms with Gasteiger partial charge in [0.05, 0.1) is 0 Å². The summed E-state index contributed by atoms with van der Waals surface area (Å²) in [6.07, 6.45) is 4.56. The second-order valence-electron chi connectivity index (χ2n) is 7.01. The lowest BCUT2D eigenvalue weighted by atomic mass is 9.93. The monoisotopic (exact) mass is 359 g/mol. The summed E-state index contributed by atoms with van der Waals surface area (Å²) in [6, 6.07) is 5.00. The molecule has 1 aromatic rings. The number of carboxylic acid groups (broad SMARTS) is 1. The first-order valence-corrected chi connectivity index (χ1v) is 9.17. The number of nitrogens with one attached hydrogen (secondary N) is 2. The van der Waals surface area contributed by atoms with Crippen molar-refractivity contribution < 1.29 is 19.5 Å². The number of hydrogen-bond acceptors (Lipinski definition) is 4. The van der Waals surface area contributed by atoms with Gasteiger partial charge in [0.2, 0.25) is 0 Å². The Labute approximate surface area is 152 Å². The highest BCUT2D eigenvalue weighted by Gasteiger charge is 2.28. The molecule has 0 aliphatic carbocycles. The van der Waals surface area contributed by atoms with Gasteiger partial charge in [-0.3, -0.25) is 14.4 Å². The van der Waals surface area contributed by atoms with E-state index in [9.17, 15) is 14.4 Å². The zero-order valence-electron chi connectivity index (χ0n) is 14.8. The van der Waals surface area contributed by atoms with E-state index in [-0.39, 0.29) is 5.91 Å². The van der Waals surface area contributed by atoms with E-state index in [0.29, 0.717) is 17.7 Å². The molecule has 1 saturated heterocycles. The Morgan fingerprint density at radius 3 is 2.77 bits per heavy atom. The number of carbonyl (C=O) groups is 3. The van der Waals surface area contributed by atoms with Gasteiger partial charge in [-0.1, -0.05) is 6.07 Å². The minimum absolute atomic E-state index is 0.0433. The molecule has 0 radical (unpaired) electrons. The average Bonchev–Trinajstić information content (AvgIpc) is 2.96. The van der Waals surface area contributed by atoms with Crippen molar-refractivity contribution >= 4 is 17.8 Å².